The Balaban J connectivity index is 1.65. The maximum atomic E-state index is 15.0. The quantitative estimate of drug-likeness (QED) is 0.400. The number of amides is 2. The van der Waals surface area contributed by atoms with Gasteiger partial charge in [0, 0.05) is 26.2 Å². The maximum absolute atomic E-state index is 15.0. The van der Waals surface area contributed by atoms with E-state index in [4.69, 9.17) is 17.5 Å². The molecule has 0 atom stereocenters. The third-order valence-electron chi connectivity index (χ3n) is 6.77. The van der Waals surface area contributed by atoms with Gasteiger partial charge in [-0.3, -0.25) is 14.5 Å². The molecule has 1 aromatic heterocycles. The Kier molecular flexibility index (Phi) is 6.94. The van der Waals surface area contributed by atoms with E-state index in [1.165, 1.54) is 21.9 Å². The number of carbonyl (C=O) groups is 2. The molecule has 7 nitrogen and oxygen atoms in total. The minimum Gasteiger partial charge on any atom is -0.349 e. The van der Waals surface area contributed by atoms with E-state index in [-0.39, 0.29) is 23.1 Å². The van der Waals surface area contributed by atoms with Crippen molar-refractivity contribution in [1.29, 1.82) is 5.26 Å². The van der Waals surface area contributed by atoms with Gasteiger partial charge in [0.1, 0.15) is 17.4 Å². The molecule has 12 heteroatoms. The molecular weight excluding hydrogens is 510 g/mol. The summed E-state index contributed by atoms with van der Waals surface area (Å²) < 4.78 is 55.6. The molecule has 2 aromatic rings. The highest BCUT2D eigenvalue weighted by molar-refractivity contribution is 7.81. The fourth-order valence-electron chi connectivity index (χ4n) is 4.62. The predicted octanol–water partition coefficient (Wildman–Crippen LogP) is 4.58. The van der Waals surface area contributed by atoms with E-state index in [0.717, 1.165) is 11.1 Å². The Hall–Kier alpha value is -3.59. The lowest BCUT2D eigenvalue weighted by atomic mass is 9.75. The second-order valence-corrected chi connectivity index (χ2v) is 9.63. The second kappa shape index (κ2) is 9.70. The number of anilines is 2. The van der Waals surface area contributed by atoms with Gasteiger partial charge in [-0.1, -0.05) is 6.07 Å². The molecule has 1 saturated heterocycles. The minimum absolute atomic E-state index is 0.0593. The molecular formula is C25H23F4N5O2S. The van der Waals surface area contributed by atoms with Crippen LogP contribution in [-0.2, 0) is 22.2 Å². The molecule has 2 amide bonds. The standard InChI is InChI=1S/C25H23F4N5O2S/c1-32(2)21(35)6-3-5-15-7-8-16(12-19(15)26)34-23(37)33(22(36)24(34)9-4-10-24)17-11-18(25(27,28)29)20(13-30)31-14-17/h7-8,11-12,14H,3-6,9-10H2,1-2H3. The van der Waals surface area contributed by atoms with E-state index >= 15 is 4.39 Å². The number of aromatic nitrogens is 1. The summed E-state index contributed by atoms with van der Waals surface area (Å²) in [6, 6.07) is 6.54. The molecule has 0 unspecified atom stereocenters. The number of rotatable bonds is 6. The predicted molar refractivity (Wildman–Crippen MR) is 131 cm³/mol. The highest BCUT2D eigenvalue weighted by Crippen LogP contribution is 2.48. The van der Waals surface area contributed by atoms with Crippen molar-refractivity contribution in [3.05, 3.63) is 53.1 Å². The molecule has 0 N–H and O–H groups in total. The van der Waals surface area contributed by atoms with Gasteiger partial charge in [0.25, 0.3) is 5.91 Å². The Morgan fingerprint density at radius 1 is 1.24 bits per heavy atom. The summed E-state index contributed by atoms with van der Waals surface area (Å²) in [5.41, 5.74) is -2.71. The van der Waals surface area contributed by atoms with Gasteiger partial charge in [-0.05, 0) is 68.1 Å². The van der Waals surface area contributed by atoms with Crippen LogP contribution in [-0.4, -0.2) is 46.4 Å². The zero-order valence-electron chi connectivity index (χ0n) is 20.1. The highest BCUT2D eigenvalue weighted by Gasteiger charge is 2.59. The van der Waals surface area contributed by atoms with Gasteiger partial charge in [-0.25, -0.2) is 9.37 Å². The molecule has 2 heterocycles. The number of benzene rings is 1. The first kappa shape index (κ1) is 26.5. The zero-order valence-corrected chi connectivity index (χ0v) is 20.9. The number of alkyl halides is 3. The van der Waals surface area contributed by atoms with Crippen LogP contribution in [0.2, 0.25) is 0 Å². The largest absolute Gasteiger partial charge is 0.419 e. The molecule has 2 fully saturated rings. The lowest BCUT2D eigenvalue weighted by Crippen LogP contribution is -2.55. The van der Waals surface area contributed by atoms with Crippen LogP contribution < -0.4 is 9.80 Å². The number of hydrogen-bond acceptors (Lipinski definition) is 5. The van der Waals surface area contributed by atoms with Crippen molar-refractivity contribution in [3.63, 3.8) is 0 Å². The minimum atomic E-state index is -4.86. The number of nitrogens with zero attached hydrogens (tertiary/aromatic N) is 5. The van der Waals surface area contributed by atoms with Gasteiger partial charge in [0.15, 0.2) is 10.8 Å². The van der Waals surface area contributed by atoms with E-state index in [0.29, 0.717) is 49.4 Å². The first-order chi connectivity index (χ1) is 17.4. The third kappa shape index (κ3) is 4.64. The van der Waals surface area contributed by atoms with Crippen LogP contribution in [0.4, 0.5) is 28.9 Å². The van der Waals surface area contributed by atoms with E-state index in [9.17, 15) is 22.8 Å². The number of pyridine rings is 1. The molecule has 1 saturated carbocycles. The average Bonchev–Trinajstić information content (AvgIpc) is 3.05. The number of nitriles is 1. The van der Waals surface area contributed by atoms with Gasteiger partial charge in [-0.2, -0.15) is 18.4 Å². The molecule has 4 rings (SSSR count). The second-order valence-electron chi connectivity index (χ2n) is 9.26. The summed E-state index contributed by atoms with van der Waals surface area (Å²) in [4.78, 5) is 32.9. The number of aryl methyl sites for hydroxylation is 1. The summed E-state index contributed by atoms with van der Waals surface area (Å²) in [6.45, 7) is 0. The van der Waals surface area contributed by atoms with Crippen LogP contribution in [0.5, 0.6) is 0 Å². The molecule has 1 aliphatic carbocycles. The molecule has 1 aromatic carbocycles. The van der Waals surface area contributed by atoms with Crippen molar-refractivity contribution in [2.75, 3.05) is 23.9 Å². The van der Waals surface area contributed by atoms with Gasteiger partial charge < -0.3 is 9.80 Å². The molecule has 1 aliphatic heterocycles. The van der Waals surface area contributed by atoms with E-state index in [1.807, 2.05) is 0 Å². The summed E-state index contributed by atoms with van der Waals surface area (Å²) in [7, 11) is 3.30. The maximum Gasteiger partial charge on any atom is 0.419 e. The van der Waals surface area contributed by atoms with Crippen molar-refractivity contribution in [2.45, 2.75) is 50.2 Å². The van der Waals surface area contributed by atoms with Crippen LogP contribution in [0, 0.1) is 17.1 Å². The number of halogens is 4. The first-order valence-corrected chi connectivity index (χ1v) is 12.0. The molecule has 0 radical (unpaired) electrons. The van der Waals surface area contributed by atoms with Crippen molar-refractivity contribution in [2.24, 2.45) is 0 Å². The van der Waals surface area contributed by atoms with Gasteiger partial charge in [0.05, 0.1) is 17.4 Å². The molecule has 2 aliphatic rings. The topological polar surface area (TPSA) is 80.5 Å². The normalized spacial score (nSPS) is 16.7. The Morgan fingerprint density at radius 2 is 1.95 bits per heavy atom. The van der Waals surface area contributed by atoms with Gasteiger partial charge >= 0.3 is 6.18 Å². The number of hydrogen-bond donors (Lipinski definition) is 0. The summed E-state index contributed by atoms with van der Waals surface area (Å²) in [6.07, 6.45) is -1.30. The van der Waals surface area contributed by atoms with Crippen LogP contribution >= 0.6 is 12.2 Å². The third-order valence-corrected chi connectivity index (χ3v) is 7.13. The van der Waals surface area contributed by atoms with E-state index < -0.39 is 34.7 Å². The molecule has 0 bridgehead atoms. The lowest BCUT2D eigenvalue weighted by molar-refractivity contribution is -0.138. The average molecular weight is 534 g/mol. The van der Waals surface area contributed by atoms with E-state index in [2.05, 4.69) is 4.98 Å². The highest BCUT2D eigenvalue weighted by atomic mass is 32.1. The summed E-state index contributed by atoms with van der Waals surface area (Å²) in [5.74, 6) is -1.11. The lowest BCUT2D eigenvalue weighted by Gasteiger charge is -2.43. The van der Waals surface area contributed by atoms with E-state index in [1.54, 1.807) is 26.2 Å². The fraction of sp³-hybridized carbons (Fsp3) is 0.400. The van der Waals surface area contributed by atoms with Gasteiger partial charge in [-0.15, -0.1) is 0 Å². The van der Waals surface area contributed by atoms with Crippen molar-refractivity contribution >= 4 is 40.5 Å². The van der Waals surface area contributed by atoms with Crippen LogP contribution in [0.3, 0.4) is 0 Å². The first-order valence-electron chi connectivity index (χ1n) is 11.6. The Labute approximate surface area is 216 Å². The van der Waals surface area contributed by atoms with Crippen molar-refractivity contribution < 1.29 is 27.2 Å². The van der Waals surface area contributed by atoms with Crippen LogP contribution in [0.15, 0.2) is 30.5 Å². The summed E-state index contributed by atoms with van der Waals surface area (Å²) >= 11 is 5.54. The number of carbonyl (C=O) groups excluding carboxylic acids is 2. The zero-order chi connectivity index (χ0) is 27.1. The fourth-order valence-corrected chi connectivity index (χ4v) is 5.09. The molecule has 1 spiro atoms. The molecule has 37 heavy (non-hydrogen) atoms. The smallest absolute Gasteiger partial charge is 0.349 e. The number of thiocarbonyl (C=S) groups is 1. The van der Waals surface area contributed by atoms with Crippen LogP contribution in [0.25, 0.3) is 0 Å². The van der Waals surface area contributed by atoms with Crippen LogP contribution in [0.1, 0.15) is 48.9 Å². The van der Waals surface area contributed by atoms with Crippen molar-refractivity contribution in [1.82, 2.24) is 9.88 Å². The Morgan fingerprint density at radius 3 is 2.49 bits per heavy atom. The summed E-state index contributed by atoms with van der Waals surface area (Å²) in [5, 5.41) is 8.95. The monoisotopic (exact) mass is 533 g/mol. The van der Waals surface area contributed by atoms with Crippen molar-refractivity contribution in [3.8, 4) is 6.07 Å². The molecule has 194 valence electrons. The SMILES string of the molecule is CN(C)C(=O)CCCc1ccc(N2C(=S)N(c3cnc(C#N)c(C(F)(F)F)c3)C(=O)C23CCC3)cc1F. The van der Waals surface area contributed by atoms with Gasteiger partial charge in [0.2, 0.25) is 5.91 Å². The Bertz CT molecular complexity index is 1320.